The van der Waals surface area contributed by atoms with E-state index in [9.17, 15) is 18.0 Å². The van der Waals surface area contributed by atoms with E-state index in [4.69, 9.17) is 4.74 Å². The molecule has 0 radical (unpaired) electrons. The van der Waals surface area contributed by atoms with Gasteiger partial charge in [-0.2, -0.15) is 4.31 Å². The van der Waals surface area contributed by atoms with Crippen LogP contribution in [0.1, 0.15) is 43.2 Å². The maximum absolute atomic E-state index is 13.2. The summed E-state index contributed by atoms with van der Waals surface area (Å²) in [6, 6.07) is 4.09. The highest BCUT2D eigenvalue weighted by Crippen LogP contribution is 2.28. The third-order valence-electron chi connectivity index (χ3n) is 7.69. The van der Waals surface area contributed by atoms with Gasteiger partial charge in [0.2, 0.25) is 15.9 Å². The summed E-state index contributed by atoms with van der Waals surface area (Å²) in [6.45, 7) is 7.27. The fourth-order valence-corrected chi connectivity index (χ4v) is 6.96. The molecule has 202 valence electrons. The first-order chi connectivity index (χ1) is 16.9. The average Bonchev–Trinajstić information content (AvgIpc) is 3.32. The molecular weight excluding hydrogens is 480 g/mol. The third kappa shape index (κ3) is 6.65. The first-order valence-electron chi connectivity index (χ1n) is 12.8. The predicted molar refractivity (Wildman–Crippen MR) is 140 cm³/mol. The Balaban J connectivity index is 1.50. The van der Waals surface area contributed by atoms with Gasteiger partial charge in [-0.05, 0) is 76.5 Å². The second-order valence-corrected chi connectivity index (χ2v) is 12.3. The van der Waals surface area contributed by atoms with Crippen LogP contribution in [0.15, 0.2) is 17.0 Å². The van der Waals surface area contributed by atoms with E-state index in [0.29, 0.717) is 22.9 Å². The lowest BCUT2D eigenvalue weighted by atomic mass is 10.0. The molecule has 1 atom stereocenters. The van der Waals surface area contributed by atoms with E-state index in [1.54, 1.807) is 30.9 Å². The number of sulfonamides is 1. The van der Waals surface area contributed by atoms with Crippen molar-refractivity contribution in [2.24, 2.45) is 0 Å². The van der Waals surface area contributed by atoms with Gasteiger partial charge in [0, 0.05) is 52.1 Å². The fraction of sp³-hybridized carbons (Fsp3) is 0.692. The van der Waals surface area contributed by atoms with Crippen molar-refractivity contribution >= 4 is 21.7 Å². The summed E-state index contributed by atoms with van der Waals surface area (Å²) in [7, 11) is 3.06. The van der Waals surface area contributed by atoms with E-state index in [-0.39, 0.29) is 42.0 Å². The van der Waals surface area contributed by atoms with Crippen molar-refractivity contribution in [3.8, 4) is 5.75 Å². The molecule has 0 spiro atoms. The van der Waals surface area contributed by atoms with E-state index >= 15 is 0 Å². The Morgan fingerprint density at radius 1 is 1.03 bits per heavy atom. The predicted octanol–water partition coefficient (Wildman–Crippen LogP) is 1.91. The molecule has 2 aliphatic heterocycles. The number of carbonyl (C=O) groups excluding carboxylic acids is 2. The fourth-order valence-electron chi connectivity index (χ4n) is 5.41. The van der Waals surface area contributed by atoms with E-state index < -0.39 is 10.0 Å². The molecule has 10 heteroatoms. The smallest absolute Gasteiger partial charge is 0.243 e. The van der Waals surface area contributed by atoms with Crippen LogP contribution >= 0.6 is 0 Å². The number of hydrogen-bond donors (Lipinski definition) is 0. The van der Waals surface area contributed by atoms with E-state index in [0.717, 1.165) is 36.9 Å². The highest BCUT2D eigenvalue weighted by atomic mass is 32.2. The number of Topliss-reactive ketones (excluding diaryl/α,β-unsaturated/α-hetero) is 1. The Hall–Kier alpha value is -2.01. The zero-order chi connectivity index (χ0) is 26.6. The molecule has 1 aromatic carbocycles. The molecule has 0 saturated carbocycles. The van der Waals surface area contributed by atoms with Crippen LogP contribution in [0.3, 0.4) is 0 Å². The Bertz CT molecular complexity index is 1030. The number of nitrogens with zero attached hydrogens (tertiary/aromatic N) is 4. The van der Waals surface area contributed by atoms with Crippen LogP contribution in [0.4, 0.5) is 0 Å². The summed E-state index contributed by atoms with van der Waals surface area (Å²) in [5.74, 6) is 0.249. The lowest BCUT2D eigenvalue weighted by Crippen LogP contribution is -2.45. The largest absolute Gasteiger partial charge is 0.497 e. The number of rotatable bonds is 10. The molecule has 0 aromatic heterocycles. The SMILES string of the molecule is COc1cc(C)c(S(=O)(=O)N(C)CC(=O)CCC(=O)N(C)[C@@H]2CCN(C3CCN(C)CC3)C2)c(C)c1. The molecule has 36 heavy (non-hydrogen) atoms. The molecule has 0 bridgehead atoms. The van der Waals surface area contributed by atoms with Crippen molar-refractivity contribution in [1.82, 2.24) is 19.0 Å². The number of likely N-dealkylation sites (tertiary alicyclic amines) is 2. The quantitative estimate of drug-likeness (QED) is 0.464. The van der Waals surface area contributed by atoms with Gasteiger partial charge in [-0.25, -0.2) is 8.42 Å². The van der Waals surface area contributed by atoms with E-state index in [1.807, 2.05) is 7.05 Å². The summed E-state index contributed by atoms with van der Waals surface area (Å²) in [4.78, 5) is 32.3. The number of amides is 1. The lowest BCUT2D eigenvalue weighted by Gasteiger charge is -2.35. The topological polar surface area (TPSA) is 90.5 Å². The maximum Gasteiger partial charge on any atom is 0.243 e. The summed E-state index contributed by atoms with van der Waals surface area (Å²) < 4.78 is 32.6. The van der Waals surface area contributed by atoms with Crippen molar-refractivity contribution in [2.75, 3.05) is 61.0 Å². The minimum Gasteiger partial charge on any atom is -0.497 e. The lowest BCUT2D eigenvalue weighted by molar-refractivity contribution is -0.133. The first-order valence-corrected chi connectivity index (χ1v) is 14.2. The van der Waals surface area contributed by atoms with Gasteiger partial charge in [-0.1, -0.05) is 0 Å². The number of carbonyl (C=O) groups is 2. The minimum absolute atomic E-state index is 0.0228. The number of piperidine rings is 1. The standard InChI is InChI=1S/C26H42N4O5S/c1-19-15-24(35-6)16-20(2)26(19)36(33,34)28(4)18-23(31)7-8-25(32)29(5)22-11-14-30(17-22)21-9-12-27(3)13-10-21/h15-16,21-22H,7-14,17-18H2,1-6H3/t22-/m1/s1. The molecule has 2 aliphatic rings. The number of hydrogen-bond acceptors (Lipinski definition) is 7. The van der Waals surface area contributed by atoms with Crippen LogP contribution < -0.4 is 4.74 Å². The molecule has 2 saturated heterocycles. The van der Waals surface area contributed by atoms with Crippen LogP contribution in [0.5, 0.6) is 5.75 Å². The van der Waals surface area contributed by atoms with Crippen LogP contribution in [0, 0.1) is 13.8 Å². The van der Waals surface area contributed by atoms with E-state index in [1.165, 1.54) is 27.0 Å². The monoisotopic (exact) mass is 522 g/mol. The average molecular weight is 523 g/mol. The Morgan fingerprint density at radius 3 is 2.22 bits per heavy atom. The number of ether oxygens (including phenoxy) is 1. The molecule has 3 rings (SSSR count). The van der Waals surface area contributed by atoms with Gasteiger partial charge in [0.15, 0.2) is 0 Å². The highest BCUT2D eigenvalue weighted by molar-refractivity contribution is 7.89. The van der Waals surface area contributed by atoms with Crippen LogP contribution in [-0.4, -0.2) is 112 Å². The zero-order valence-corrected chi connectivity index (χ0v) is 23.4. The summed E-state index contributed by atoms with van der Waals surface area (Å²) >= 11 is 0. The van der Waals surface area contributed by atoms with Gasteiger partial charge >= 0.3 is 0 Å². The minimum atomic E-state index is -3.86. The first kappa shape index (κ1) is 28.6. The second-order valence-electron chi connectivity index (χ2n) is 10.4. The molecule has 9 nitrogen and oxygen atoms in total. The molecule has 0 unspecified atom stereocenters. The van der Waals surface area contributed by atoms with Crippen molar-refractivity contribution in [3.05, 3.63) is 23.3 Å². The molecule has 0 N–H and O–H groups in total. The second kappa shape index (κ2) is 12.0. The molecule has 1 amide bonds. The number of benzene rings is 1. The normalized spacial score (nSPS) is 20.1. The van der Waals surface area contributed by atoms with Gasteiger partial charge in [-0.15, -0.1) is 0 Å². The number of aryl methyl sites for hydroxylation is 2. The number of methoxy groups -OCH3 is 1. The van der Waals surface area contributed by atoms with Gasteiger partial charge in [0.05, 0.1) is 18.6 Å². The van der Waals surface area contributed by atoms with Crippen molar-refractivity contribution in [1.29, 1.82) is 0 Å². The number of ketones is 1. The molecule has 2 fully saturated rings. The Morgan fingerprint density at radius 2 is 1.64 bits per heavy atom. The van der Waals surface area contributed by atoms with Crippen LogP contribution in [-0.2, 0) is 19.6 Å². The van der Waals surface area contributed by atoms with Crippen molar-refractivity contribution in [2.45, 2.75) is 62.9 Å². The summed E-state index contributed by atoms with van der Waals surface area (Å²) in [5.41, 5.74) is 1.13. The summed E-state index contributed by atoms with van der Waals surface area (Å²) in [5, 5.41) is 0. The molecule has 0 aliphatic carbocycles. The van der Waals surface area contributed by atoms with Crippen molar-refractivity contribution in [3.63, 3.8) is 0 Å². The Labute approximate surface area is 216 Å². The van der Waals surface area contributed by atoms with Gasteiger partial charge in [0.25, 0.3) is 0 Å². The van der Waals surface area contributed by atoms with Crippen molar-refractivity contribution < 1.29 is 22.7 Å². The Kier molecular flexibility index (Phi) is 9.54. The molecular formula is C26H42N4O5S. The van der Waals surface area contributed by atoms with Gasteiger partial charge in [0.1, 0.15) is 11.5 Å². The third-order valence-corrected chi connectivity index (χ3v) is 9.80. The molecule has 1 aromatic rings. The highest BCUT2D eigenvalue weighted by Gasteiger charge is 2.33. The molecule has 2 heterocycles. The maximum atomic E-state index is 13.2. The van der Waals surface area contributed by atoms with Gasteiger partial charge in [-0.3, -0.25) is 14.5 Å². The van der Waals surface area contributed by atoms with Crippen LogP contribution in [0.25, 0.3) is 0 Å². The summed E-state index contributed by atoms with van der Waals surface area (Å²) in [6.07, 6.45) is 3.40. The zero-order valence-electron chi connectivity index (χ0n) is 22.6. The van der Waals surface area contributed by atoms with Gasteiger partial charge < -0.3 is 14.5 Å². The van der Waals surface area contributed by atoms with E-state index in [2.05, 4.69) is 16.8 Å². The number of likely N-dealkylation sites (N-methyl/N-ethyl adjacent to an activating group) is 2. The van der Waals surface area contributed by atoms with Crippen LogP contribution in [0.2, 0.25) is 0 Å².